The number of halogens is 1. The molecule has 0 unspecified atom stereocenters. The molecule has 1 saturated heterocycles. The Bertz CT molecular complexity index is 982. The summed E-state index contributed by atoms with van der Waals surface area (Å²) in [6.07, 6.45) is 1.29. The van der Waals surface area contributed by atoms with Crippen molar-refractivity contribution in [3.05, 3.63) is 52.5 Å². The van der Waals surface area contributed by atoms with Gasteiger partial charge in [0.2, 0.25) is 11.8 Å². The van der Waals surface area contributed by atoms with Crippen molar-refractivity contribution >= 4 is 17.6 Å². The van der Waals surface area contributed by atoms with E-state index < -0.39 is 0 Å². The smallest absolute Gasteiger partial charge is 0.239 e. The lowest BCUT2D eigenvalue weighted by Gasteiger charge is -2.29. The van der Waals surface area contributed by atoms with Crippen molar-refractivity contribution in [2.75, 3.05) is 25.0 Å². The molecule has 3 rings (SSSR count). The van der Waals surface area contributed by atoms with E-state index in [1.54, 1.807) is 12.1 Å². The predicted octanol–water partition coefficient (Wildman–Crippen LogP) is 2.30. The van der Waals surface area contributed by atoms with E-state index in [0.717, 1.165) is 16.8 Å². The van der Waals surface area contributed by atoms with Crippen molar-refractivity contribution in [1.29, 1.82) is 5.26 Å². The van der Waals surface area contributed by atoms with Crippen molar-refractivity contribution in [2.45, 2.75) is 33.2 Å². The summed E-state index contributed by atoms with van der Waals surface area (Å²) in [6.45, 7) is 5.58. The van der Waals surface area contributed by atoms with Gasteiger partial charge in [0, 0.05) is 18.2 Å². The summed E-state index contributed by atoms with van der Waals surface area (Å²) in [7, 11) is 0. The van der Waals surface area contributed by atoms with Crippen molar-refractivity contribution < 1.29 is 14.0 Å². The van der Waals surface area contributed by atoms with E-state index in [9.17, 15) is 19.2 Å². The van der Waals surface area contributed by atoms with Gasteiger partial charge >= 0.3 is 0 Å². The number of carbonyl (C=O) groups is 2. The first kappa shape index (κ1) is 21.5. The molecule has 1 aliphatic heterocycles. The van der Waals surface area contributed by atoms with Crippen LogP contribution in [-0.4, -0.2) is 40.9 Å². The van der Waals surface area contributed by atoms with E-state index in [1.165, 1.54) is 12.1 Å². The van der Waals surface area contributed by atoms with E-state index in [2.05, 4.69) is 11.4 Å². The number of carbonyl (C=O) groups excluding carboxylic acids is 2. The average Bonchev–Trinajstić information content (AvgIpc) is 2.93. The Hall–Kier alpha value is -3.18. The van der Waals surface area contributed by atoms with Gasteiger partial charge in [-0.15, -0.1) is 0 Å². The Kier molecular flexibility index (Phi) is 6.53. The number of aromatic nitrogens is 1. The zero-order chi connectivity index (χ0) is 21.8. The molecular weight excluding hydrogens is 385 g/mol. The maximum Gasteiger partial charge on any atom is 0.239 e. The topological polar surface area (TPSA) is 104 Å². The number of nitrogens with zero attached hydrogens (tertiary/aromatic N) is 3. The van der Waals surface area contributed by atoms with E-state index >= 15 is 0 Å². The molecule has 1 aromatic heterocycles. The number of hydrogen-bond donors (Lipinski definition) is 2. The predicted molar refractivity (Wildman–Crippen MR) is 111 cm³/mol. The first-order valence-electron chi connectivity index (χ1n) is 9.96. The molecule has 0 atom stereocenters. The molecule has 2 heterocycles. The van der Waals surface area contributed by atoms with E-state index in [-0.39, 0.29) is 30.1 Å². The number of hydrogen-bond acceptors (Lipinski definition) is 4. The third-order valence-electron chi connectivity index (χ3n) is 5.81. The summed E-state index contributed by atoms with van der Waals surface area (Å²) in [4.78, 5) is 26.0. The molecule has 3 N–H and O–H groups in total. The first-order valence-corrected chi connectivity index (χ1v) is 9.96. The number of primary amides is 1. The zero-order valence-corrected chi connectivity index (χ0v) is 17.2. The van der Waals surface area contributed by atoms with E-state index in [1.807, 2.05) is 23.3 Å². The molecule has 1 aliphatic rings. The lowest BCUT2D eigenvalue weighted by molar-refractivity contribution is -0.123. The highest BCUT2D eigenvalue weighted by molar-refractivity contribution is 5.93. The van der Waals surface area contributed by atoms with Crippen LogP contribution in [0.1, 0.15) is 35.2 Å². The maximum atomic E-state index is 13.2. The number of nitrogens with two attached hydrogens (primary N) is 1. The van der Waals surface area contributed by atoms with Crippen LogP contribution >= 0.6 is 0 Å². The van der Waals surface area contributed by atoms with Gasteiger partial charge in [0.25, 0.3) is 0 Å². The van der Waals surface area contributed by atoms with Crippen LogP contribution in [0.5, 0.6) is 0 Å². The molecule has 30 heavy (non-hydrogen) atoms. The second-order valence-corrected chi connectivity index (χ2v) is 7.76. The summed E-state index contributed by atoms with van der Waals surface area (Å²) in [5.41, 5.74) is 8.32. The fraction of sp³-hybridized carbons (Fsp3) is 0.409. The van der Waals surface area contributed by atoms with E-state index in [4.69, 9.17) is 5.73 Å². The molecule has 0 spiro atoms. The largest absolute Gasteiger partial charge is 0.369 e. The maximum absolute atomic E-state index is 13.2. The number of nitrogens with one attached hydrogen (secondary N) is 1. The monoisotopic (exact) mass is 411 g/mol. The quantitative estimate of drug-likeness (QED) is 0.761. The number of likely N-dealkylation sites (tertiary alicyclic amines) is 1. The van der Waals surface area contributed by atoms with Gasteiger partial charge in [0.05, 0.1) is 12.1 Å². The Balaban J connectivity index is 1.75. The number of piperidine rings is 1. The summed E-state index contributed by atoms with van der Waals surface area (Å²) in [6, 6.07) is 8.34. The number of nitriles is 1. The Labute approximate surface area is 175 Å². The third-order valence-corrected chi connectivity index (χ3v) is 5.81. The van der Waals surface area contributed by atoms with Crippen LogP contribution in [0.4, 0.5) is 10.2 Å². The minimum atomic E-state index is -0.314. The van der Waals surface area contributed by atoms with E-state index in [0.29, 0.717) is 43.9 Å². The number of anilines is 1. The Morgan fingerprint density at radius 2 is 1.87 bits per heavy atom. The van der Waals surface area contributed by atoms with Gasteiger partial charge in [0.15, 0.2) is 0 Å². The molecular formula is C22H26FN5O2. The van der Waals surface area contributed by atoms with Crippen LogP contribution in [0.3, 0.4) is 0 Å². The molecule has 7 nitrogen and oxygen atoms in total. The fourth-order valence-corrected chi connectivity index (χ4v) is 3.85. The van der Waals surface area contributed by atoms with Crippen LogP contribution in [0.2, 0.25) is 0 Å². The first-order chi connectivity index (χ1) is 14.3. The van der Waals surface area contributed by atoms with Crippen molar-refractivity contribution in [3.63, 3.8) is 0 Å². The summed E-state index contributed by atoms with van der Waals surface area (Å²) < 4.78 is 15.1. The second-order valence-electron chi connectivity index (χ2n) is 7.76. The molecule has 0 bridgehead atoms. The standard InChI is InChI=1S/C22H26FN5O2/c1-14-15(2)28(12-16-3-5-18(23)6-4-16)22(19(14)11-24)26-20(29)13-27-9-7-17(8-10-27)21(25)30/h3-6,17H,7-10,12-13H2,1-2H3,(H2,25,30)(H,26,29). The number of benzene rings is 1. The van der Waals surface area contributed by atoms with Gasteiger partial charge in [-0.2, -0.15) is 5.26 Å². The van der Waals surface area contributed by atoms with Gasteiger partial charge in [-0.3, -0.25) is 14.5 Å². The normalized spacial score (nSPS) is 15.0. The van der Waals surface area contributed by atoms with Gasteiger partial charge in [-0.25, -0.2) is 4.39 Å². The molecule has 0 aliphatic carbocycles. The highest BCUT2D eigenvalue weighted by Crippen LogP contribution is 2.27. The molecule has 0 radical (unpaired) electrons. The number of rotatable bonds is 6. The summed E-state index contributed by atoms with van der Waals surface area (Å²) in [5, 5.41) is 12.5. The molecule has 0 saturated carbocycles. The summed E-state index contributed by atoms with van der Waals surface area (Å²) >= 11 is 0. The van der Waals surface area contributed by atoms with Crippen LogP contribution in [0, 0.1) is 36.9 Å². The number of amides is 2. The van der Waals surface area contributed by atoms with Crippen LogP contribution < -0.4 is 11.1 Å². The molecule has 1 fully saturated rings. The highest BCUT2D eigenvalue weighted by atomic mass is 19.1. The lowest BCUT2D eigenvalue weighted by Crippen LogP contribution is -2.42. The van der Waals surface area contributed by atoms with Gasteiger partial charge in [0.1, 0.15) is 17.7 Å². The van der Waals surface area contributed by atoms with Crippen molar-refractivity contribution in [1.82, 2.24) is 9.47 Å². The summed E-state index contributed by atoms with van der Waals surface area (Å²) in [5.74, 6) is -0.503. The van der Waals surface area contributed by atoms with Crippen LogP contribution in [0.15, 0.2) is 24.3 Å². The Morgan fingerprint density at radius 3 is 2.43 bits per heavy atom. The molecule has 2 aromatic rings. The SMILES string of the molecule is Cc1c(C#N)c(NC(=O)CN2CCC(C(N)=O)CC2)n(Cc2ccc(F)cc2)c1C. The van der Waals surface area contributed by atoms with Crippen molar-refractivity contribution in [3.8, 4) is 6.07 Å². The minimum absolute atomic E-state index is 0.132. The van der Waals surface area contributed by atoms with Crippen LogP contribution in [0.25, 0.3) is 0 Å². The fourth-order valence-electron chi connectivity index (χ4n) is 3.85. The molecule has 2 amide bonds. The second kappa shape index (κ2) is 9.09. The molecule has 8 heteroatoms. The average molecular weight is 411 g/mol. The Morgan fingerprint density at radius 1 is 1.23 bits per heavy atom. The molecule has 1 aromatic carbocycles. The van der Waals surface area contributed by atoms with Crippen LogP contribution in [-0.2, 0) is 16.1 Å². The van der Waals surface area contributed by atoms with Crippen molar-refractivity contribution in [2.24, 2.45) is 11.7 Å². The van der Waals surface area contributed by atoms with Gasteiger partial charge < -0.3 is 15.6 Å². The highest BCUT2D eigenvalue weighted by Gasteiger charge is 2.25. The lowest BCUT2D eigenvalue weighted by atomic mass is 9.96. The molecule has 158 valence electrons. The zero-order valence-electron chi connectivity index (χ0n) is 17.2. The minimum Gasteiger partial charge on any atom is -0.369 e. The van der Waals surface area contributed by atoms with Gasteiger partial charge in [-0.05, 0) is 63.0 Å². The third kappa shape index (κ3) is 4.69. The van der Waals surface area contributed by atoms with Gasteiger partial charge in [-0.1, -0.05) is 12.1 Å².